The van der Waals surface area contributed by atoms with Crippen molar-refractivity contribution in [3.63, 3.8) is 0 Å². The largest absolute Gasteiger partial charge is 0.323 e. The first-order valence-corrected chi connectivity index (χ1v) is 11.5. The highest BCUT2D eigenvalue weighted by Crippen LogP contribution is 2.27. The Bertz CT molecular complexity index is 1090. The third-order valence-electron chi connectivity index (χ3n) is 5.14. The second kappa shape index (κ2) is 9.33. The fraction of sp³-hybridized carbons (Fsp3) is 0.300. The molecule has 30 heavy (non-hydrogen) atoms. The Hall–Kier alpha value is -2.15. The minimum Gasteiger partial charge on any atom is -0.323 e. The topological polar surface area (TPSA) is 94.7 Å². The summed E-state index contributed by atoms with van der Waals surface area (Å²) in [6, 6.07) is 12.7. The average Bonchev–Trinajstić information content (AvgIpc) is 2.75. The monoisotopic (exact) mass is 467 g/mol. The predicted molar refractivity (Wildman–Crippen MR) is 115 cm³/mol. The molecule has 1 atom stereocenters. The van der Waals surface area contributed by atoms with E-state index in [0.717, 1.165) is 4.90 Å². The molecule has 0 unspecified atom stereocenters. The number of nitrogens with one attached hydrogen (secondary N) is 2. The van der Waals surface area contributed by atoms with Crippen molar-refractivity contribution in [2.45, 2.75) is 17.9 Å². The molecule has 1 amide bonds. The summed E-state index contributed by atoms with van der Waals surface area (Å²) in [7, 11) is -3.77. The number of amides is 1. The molecule has 0 saturated carbocycles. The Labute approximate surface area is 185 Å². The van der Waals surface area contributed by atoms with Crippen LogP contribution in [-0.4, -0.2) is 50.9 Å². The molecule has 3 rings (SSSR count). The van der Waals surface area contributed by atoms with E-state index in [1.165, 1.54) is 22.5 Å². The number of hydrogen-bond acceptors (Lipinski definition) is 4. The van der Waals surface area contributed by atoms with Gasteiger partial charge in [0.05, 0.1) is 42.8 Å². The summed E-state index contributed by atoms with van der Waals surface area (Å²) in [6.07, 6.45) is 0. The van der Waals surface area contributed by atoms with Gasteiger partial charge in [0.1, 0.15) is 4.90 Å². The zero-order valence-electron chi connectivity index (χ0n) is 16.2. The number of anilines is 1. The van der Waals surface area contributed by atoms with E-state index in [4.69, 9.17) is 28.5 Å². The van der Waals surface area contributed by atoms with E-state index >= 15 is 0 Å². The number of halogens is 2. The maximum Gasteiger partial charge on any atom is 0.282 e. The number of hydrogen-bond donors (Lipinski definition) is 2. The van der Waals surface area contributed by atoms with Crippen molar-refractivity contribution >= 4 is 44.8 Å². The highest BCUT2D eigenvalue weighted by molar-refractivity contribution is 7.89. The lowest BCUT2D eigenvalue weighted by Crippen LogP contribution is -3.19. The van der Waals surface area contributed by atoms with Crippen LogP contribution in [0, 0.1) is 11.3 Å². The SMILES string of the molecule is C[C@H](C(=O)Nc1cccc(C#N)c1)[NH+]1CCN(S(=O)(=O)c2cc(Cl)ccc2Cl)CC1. The summed E-state index contributed by atoms with van der Waals surface area (Å²) in [5.41, 5.74) is 1.02. The van der Waals surface area contributed by atoms with Crippen molar-refractivity contribution in [3.05, 3.63) is 58.1 Å². The normalized spacial score (nSPS) is 16.6. The molecule has 0 aliphatic carbocycles. The molecule has 1 aliphatic heterocycles. The van der Waals surface area contributed by atoms with Crippen molar-refractivity contribution in [2.24, 2.45) is 0 Å². The molecule has 7 nitrogen and oxygen atoms in total. The molecule has 0 bridgehead atoms. The molecular formula is C20H21Cl2N4O3S+. The zero-order chi connectivity index (χ0) is 21.9. The van der Waals surface area contributed by atoms with E-state index in [9.17, 15) is 13.2 Å². The number of sulfonamides is 1. The van der Waals surface area contributed by atoms with E-state index in [-0.39, 0.29) is 35.0 Å². The standard InChI is InChI=1S/C20H20Cl2N4O3S/c1-14(20(27)24-17-4-2-3-15(11-17)13-23)25-7-9-26(10-8-25)30(28,29)19-12-16(21)5-6-18(19)22/h2-6,11-12,14H,7-10H2,1H3,(H,24,27)/p+1/t14-/m1/s1. The lowest BCUT2D eigenvalue weighted by molar-refractivity contribution is -0.917. The summed E-state index contributed by atoms with van der Waals surface area (Å²) in [5, 5.41) is 12.2. The van der Waals surface area contributed by atoms with Gasteiger partial charge in [0.25, 0.3) is 5.91 Å². The lowest BCUT2D eigenvalue weighted by atomic mass is 10.2. The smallest absolute Gasteiger partial charge is 0.282 e. The lowest BCUT2D eigenvalue weighted by Gasteiger charge is -2.34. The minimum absolute atomic E-state index is 0.0108. The van der Waals surface area contributed by atoms with Crippen LogP contribution in [0.25, 0.3) is 0 Å². The van der Waals surface area contributed by atoms with Crippen LogP contribution >= 0.6 is 23.2 Å². The average molecular weight is 468 g/mol. The maximum absolute atomic E-state index is 12.9. The number of nitrogens with zero attached hydrogens (tertiary/aromatic N) is 2. The van der Waals surface area contributed by atoms with Crippen LogP contribution in [0.3, 0.4) is 0 Å². The van der Waals surface area contributed by atoms with Gasteiger partial charge >= 0.3 is 0 Å². The summed E-state index contributed by atoms with van der Waals surface area (Å²) >= 11 is 12.0. The predicted octanol–water partition coefficient (Wildman–Crippen LogP) is 1.78. The Morgan fingerprint density at radius 1 is 1.20 bits per heavy atom. The molecule has 2 aromatic rings. The molecule has 0 radical (unpaired) electrons. The number of rotatable bonds is 5. The highest BCUT2D eigenvalue weighted by atomic mass is 35.5. The second-order valence-corrected chi connectivity index (χ2v) is 9.79. The molecule has 1 heterocycles. The van der Waals surface area contributed by atoms with Gasteiger partial charge in [-0.25, -0.2) is 8.42 Å². The van der Waals surface area contributed by atoms with E-state index < -0.39 is 10.0 Å². The molecule has 1 aliphatic rings. The third kappa shape index (κ3) is 4.94. The fourth-order valence-electron chi connectivity index (χ4n) is 3.36. The number of carbonyl (C=O) groups is 1. The molecule has 0 spiro atoms. The van der Waals surface area contributed by atoms with E-state index in [1.807, 2.05) is 6.07 Å². The van der Waals surface area contributed by atoms with Crippen LogP contribution in [0.2, 0.25) is 10.0 Å². The summed E-state index contributed by atoms with van der Waals surface area (Å²) < 4.78 is 27.3. The van der Waals surface area contributed by atoms with Crippen LogP contribution in [0.5, 0.6) is 0 Å². The Balaban J connectivity index is 1.63. The number of piperazine rings is 1. The first kappa shape index (κ1) is 22.5. The summed E-state index contributed by atoms with van der Waals surface area (Å²) in [6.45, 7) is 3.29. The van der Waals surface area contributed by atoms with Gasteiger partial charge in [-0.3, -0.25) is 4.79 Å². The van der Waals surface area contributed by atoms with Crippen molar-refractivity contribution < 1.29 is 18.1 Å². The van der Waals surface area contributed by atoms with Crippen molar-refractivity contribution in [1.82, 2.24) is 4.31 Å². The Morgan fingerprint density at radius 2 is 1.90 bits per heavy atom. The fourth-order valence-corrected chi connectivity index (χ4v) is 5.54. The van der Waals surface area contributed by atoms with Gasteiger partial charge in [-0.2, -0.15) is 9.57 Å². The van der Waals surface area contributed by atoms with Crippen LogP contribution in [-0.2, 0) is 14.8 Å². The molecule has 10 heteroatoms. The number of benzene rings is 2. The molecule has 2 N–H and O–H groups in total. The molecule has 158 valence electrons. The molecule has 1 saturated heterocycles. The first-order valence-electron chi connectivity index (χ1n) is 9.33. The van der Waals surface area contributed by atoms with Crippen molar-refractivity contribution in [1.29, 1.82) is 5.26 Å². The van der Waals surface area contributed by atoms with Gasteiger partial charge in [0, 0.05) is 10.7 Å². The van der Waals surface area contributed by atoms with E-state index in [2.05, 4.69) is 5.32 Å². The number of nitriles is 1. The van der Waals surface area contributed by atoms with Gasteiger partial charge in [-0.15, -0.1) is 0 Å². The first-order chi connectivity index (χ1) is 14.2. The van der Waals surface area contributed by atoms with Crippen molar-refractivity contribution in [2.75, 3.05) is 31.5 Å². The summed E-state index contributed by atoms with van der Waals surface area (Å²) in [4.78, 5) is 13.6. The molecular weight excluding hydrogens is 447 g/mol. The van der Waals surface area contributed by atoms with E-state index in [0.29, 0.717) is 29.4 Å². The second-order valence-electron chi connectivity index (χ2n) is 7.04. The number of carbonyl (C=O) groups excluding carboxylic acids is 1. The third-order valence-corrected chi connectivity index (χ3v) is 7.76. The maximum atomic E-state index is 12.9. The van der Waals surface area contributed by atoms with Gasteiger partial charge in [0.15, 0.2) is 6.04 Å². The molecule has 1 fully saturated rings. The van der Waals surface area contributed by atoms with Gasteiger partial charge < -0.3 is 10.2 Å². The Morgan fingerprint density at radius 3 is 2.57 bits per heavy atom. The van der Waals surface area contributed by atoms with E-state index in [1.54, 1.807) is 31.2 Å². The Kier molecular flexibility index (Phi) is 7.01. The van der Waals surface area contributed by atoms with Gasteiger partial charge in [-0.1, -0.05) is 29.3 Å². The molecule has 2 aromatic carbocycles. The quantitative estimate of drug-likeness (QED) is 0.700. The van der Waals surface area contributed by atoms with Crippen LogP contribution in [0.4, 0.5) is 5.69 Å². The zero-order valence-corrected chi connectivity index (χ0v) is 18.6. The molecule has 0 aromatic heterocycles. The number of quaternary nitrogens is 1. The van der Waals surface area contributed by atoms with Crippen LogP contribution in [0.1, 0.15) is 12.5 Å². The van der Waals surface area contributed by atoms with Gasteiger partial charge in [0.2, 0.25) is 10.0 Å². The summed E-state index contributed by atoms with van der Waals surface area (Å²) in [5.74, 6) is -0.186. The van der Waals surface area contributed by atoms with Gasteiger partial charge in [-0.05, 0) is 43.3 Å². The van der Waals surface area contributed by atoms with Crippen LogP contribution in [0.15, 0.2) is 47.4 Å². The van der Waals surface area contributed by atoms with Crippen molar-refractivity contribution in [3.8, 4) is 6.07 Å². The minimum atomic E-state index is -3.77. The van der Waals surface area contributed by atoms with Crippen LogP contribution < -0.4 is 10.2 Å². The highest BCUT2D eigenvalue weighted by Gasteiger charge is 2.35.